The van der Waals surface area contributed by atoms with Gasteiger partial charge in [-0.25, -0.2) is 0 Å². The molecule has 2 amide bonds. The summed E-state index contributed by atoms with van der Waals surface area (Å²) >= 11 is 24.3. The normalized spacial score (nSPS) is 11.8. The highest BCUT2D eigenvalue weighted by molar-refractivity contribution is 6.35. The Hall–Kier alpha value is -1.46. The molecule has 0 radical (unpaired) electrons. The number of benzene rings is 2. The van der Waals surface area contributed by atoms with Gasteiger partial charge in [0.25, 0.3) is 0 Å². The Morgan fingerprint density at radius 1 is 0.963 bits per heavy atom. The zero-order valence-electron chi connectivity index (χ0n) is 14.7. The van der Waals surface area contributed by atoms with Gasteiger partial charge in [0.2, 0.25) is 11.8 Å². The summed E-state index contributed by atoms with van der Waals surface area (Å²) in [5.74, 6) is -0.544. The molecule has 0 unspecified atom stereocenters. The van der Waals surface area contributed by atoms with Crippen LogP contribution in [0.1, 0.15) is 18.1 Å². The third-order valence-corrected chi connectivity index (χ3v) is 5.30. The predicted octanol–water partition coefficient (Wildman–Crippen LogP) is 5.01. The second kappa shape index (κ2) is 9.65. The summed E-state index contributed by atoms with van der Waals surface area (Å²) in [5, 5.41) is 4.36. The van der Waals surface area contributed by atoms with E-state index < -0.39 is 6.04 Å². The van der Waals surface area contributed by atoms with Crippen LogP contribution in [0.3, 0.4) is 0 Å². The van der Waals surface area contributed by atoms with Crippen molar-refractivity contribution < 1.29 is 9.59 Å². The molecule has 0 aromatic heterocycles. The van der Waals surface area contributed by atoms with Crippen molar-refractivity contribution in [2.24, 2.45) is 0 Å². The molecule has 2 aromatic rings. The number of halogens is 4. The van der Waals surface area contributed by atoms with Gasteiger partial charge in [0, 0.05) is 33.7 Å². The standard InChI is InChI=1S/C19H18Cl4N2O2/c1-11(19(27)24-2)25(10-13-4-6-15(21)9-17(13)23)18(26)7-12-3-5-14(20)8-16(12)22/h3-6,8-9,11H,7,10H2,1-2H3,(H,24,27)/t11-/m0/s1. The number of amides is 2. The number of likely N-dealkylation sites (N-methyl/N-ethyl adjacent to an activating group) is 1. The summed E-state index contributed by atoms with van der Waals surface area (Å²) in [6.07, 6.45) is 0.0303. The molecule has 8 heteroatoms. The topological polar surface area (TPSA) is 49.4 Å². The Morgan fingerprint density at radius 2 is 1.48 bits per heavy atom. The molecule has 144 valence electrons. The van der Waals surface area contributed by atoms with Crippen molar-refractivity contribution in [3.05, 3.63) is 67.6 Å². The van der Waals surface area contributed by atoms with Gasteiger partial charge < -0.3 is 10.2 Å². The molecular formula is C19H18Cl4N2O2. The average molecular weight is 448 g/mol. The van der Waals surface area contributed by atoms with Crippen molar-refractivity contribution in [1.29, 1.82) is 0 Å². The van der Waals surface area contributed by atoms with Crippen molar-refractivity contribution >= 4 is 58.2 Å². The number of hydrogen-bond acceptors (Lipinski definition) is 2. The Kier molecular flexibility index (Phi) is 7.80. The first-order valence-electron chi connectivity index (χ1n) is 8.11. The van der Waals surface area contributed by atoms with E-state index in [1.807, 2.05) is 0 Å². The largest absolute Gasteiger partial charge is 0.357 e. The molecule has 2 rings (SSSR count). The summed E-state index contributed by atoms with van der Waals surface area (Å²) in [6, 6.07) is 9.26. The molecule has 0 spiro atoms. The Morgan fingerprint density at radius 3 is 1.96 bits per heavy atom. The van der Waals surface area contributed by atoms with Crippen molar-refractivity contribution in [2.45, 2.75) is 25.9 Å². The predicted molar refractivity (Wildman–Crippen MR) is 111 cm³/mol. The van der Waals surface area contributed by atoms with Gasteiger partial charge in [0.1, 0.15) is 6.04 Å². The molecule has 0 aliphatic heterocycles. The Labute approximate surface area is 178 Å². The zero-order chi connectivity index (χ0) is 20.1. The van der Waals surface area contributed by atoms with E-state index in [0.29, 0.717) is 31.2 Å². The van der Waals surface area contributed by atoms with Crippen LogP contribution in [0.5, 0.6) is 0 Å². The number of hydrogen-bond donors (Lipinski definition) is 1. The monoisotopic (exact) mass is 446 g/mol. The number of nitrogens with zero attached hydrogens (tertiary/aromatic N) is 1. The molecule has 2 aromatic carbocycles. The summed E-state index contributed by atoms with van der Waals surface area (Å²) in [6.45, 7) is 1.82. The number of carbonyl (C=O) groups is 2. The zero-order valence-corrected chi connectivity index (χ0v) is 17.8. The van der Waals surface area contributed by atoms with Crippen LogP contribution in [-0.4, -0.2) is 29.8 Å². The van der Waals surface area contributed by atoms with Gasteiger partial charge >= 0.3 is 0 Å². The molecule has 0 aliphatic rings. The van der Waals surface area contributed by atoms with Gasteiger partial charge in [0.15, 0.2) is 0 Å². The van der Waals surface area contributed by atoms with Crippen LogP contribution in [0.4, 0.5) is 0 Å². The lowest BCUT2D eigenvalue weighted by Gasteiger charge is -2.29. The minimum absolute atomic E-state index is 0.0303. The van der Waals surface area contributed by atoms with E-state index in [1.54, 1.807) is 43.3 Å². The van der Waals surface area contributed by atoms with Crippen LogP contribution < -0.4 is 5.32 Å². The minimum Gasteiger partial charge on any atom is -0.357 e. The van der Waals surface area contributed by atoms with Crippen LogP contribution >= 0.6 is 46.4 Å². The fourth-order valence-corrected chi connectivity index (χ4v) is 3.50. The first-order valence-corrected chi connectivity index (χ1v) is 9.63. The molecule has 0 bridgehead atoms. The van der Waals surface area contributed by atoms with Gasteiger partial charge in [0.05, 0.1) is 6.42 Å². The lowest BCUT2D eigenvalue weighted by Crippen LogP contribution is -2.47. The van der Waals surface area contributed by atoms with Gasteiger partial charge in [-0.1, -0.05) is 58.5 Å². The molecule has 0 heterocycles. The highest BCUT2D eigenvalue weighted by Crippen LogP contribution is 2.25. The SMILES string of the molecule is CNC(=O)[C@H](C)N(Cc1ccc(Cl)cc1Cl)C(=O)Cc1ccc(Cl)cc1Cl. The van der Waals surface area contributed by atoms with Crippen molar-refractivity contribution in [1.82, 2.24) is 10.2 Å². The van der Waals surface area contributed by atoms with Crippen LogP contribution in [0.15, 0.2) is 36.4 Å². The average Bonchev–Trinajstić information content (AvgIpc) is 2.62. The highest BCUT2D eigenvalue weighted by Gasteiger charge is 2.26. The number of rotatable bonds is 6. The minimum atomic E-state index is -0.694. The highest BCUT2D eigenvalue weighted by atomic mass is 35.5. The molecule has 0 fully saturated rings. The van der Waals surface area contributed by atoms with E-state index in [2.05, 4.69) is 5.32 Å². The van der Waals surface area contributed by atoms with Gasteiger partial charge in [-0.15, -0.1) is 0 Å². The van der Waals surface area contributed by atoms with Crippen molar-refractivity contribution in [3.63, 3.8) is 0 Å². The van der Waals surface area contributed by atoms with Crippen molar-refractivity contribution in [3.8, 4) is 0 Å². The second-order valence-electron chi connectivity index (χ2n) is 5.96. The third-order valence-electron chi connectivity index (χ3n) is 4.13. The summed E-state index contributed by atoms with van der Waals surface area (Å²) in [4.78, 5) is 26.6. The van der Waals surface area contributed by atoms with Crippen LogP contribution in [-0.2, 0) is 22.6 Å². The number of nitrogens with one attached hydrogen (secondary N) is 1. The molecule has 1 atom stereocenters. The molecule has 1 N–H and O–H groups in total. The van der Waals surface area contributed by atoms with Gasteiger partial charge in [-0.05, 0) is 42.3 Å². The maximum Gasteiger partial charge on any atom is 0.242 e. The number of carbonyl (C=O) groups excluding carboxylic acids is 2. The van der Waals surface area contributed by atoms with E-state index in [0.717, 1.165) is 0 Å². The van der Waals surface area contributed by atoms with E-state index >= 15 is 0 Å². The molecule has 0 saturated heterocycles. The van der Waals surface area contributed by atoms with Gasteiger partial charge in [-0.3, -0.25) is 9.59 Å². The first kappa shape index (κ1) is 21.8. The molecule has 4 nitrogen and oxygen atoms in total. The van der Waals surface area contributed by atoms with E-state index in [-0.39, 0.29) is 24.8 Å². The van der Waals surface area contributed by atoms with Crippen LogP contribution in [0.25, 0.3) is 0 Å². The van der Waals surface area contributed by atoms with Crippen molar-refractivity contribution in [2.75, 3.05) is 7.05 Å². The molecule has 27 heavy (non-hydrogen) atoms. The summed E-state index contributed by atoms with van der Waals surface area (Å²) in [7, 11) is 1.52. The van der Waals surface area contributed by atoms with E-state index in [1.165, 1.54) is 11.9 Å². The second-order valence-corrected chi connectivity index (χ2v) is 7.65. The van der Waals surface area contributed by atoms with E-state index in [9.17, 15) is 9.59 Å². The fraction of sp³-hybridized carbons (Fsp3) is 0.263. The molecule has 0 aliphatic carbocycles. The van der Waals surface area contributed by atoms with E-state index in [4.69, 9.17) is 46.4 Å². The fourth-order valence-electron chi connectivity index (χ4n) is 2.55. The summed E-state index contributed by atoms with van der Waals surface area (Å²) in [5.41, 5.74) is 1.31. The third kappa shape index (κ3) is 5.76. The maximum atomic E-state index is 13.0. The lowest BCUT2D eigenvalue weighted by atomic mass is 10.1. The summed E-state index contributed by atoms with van der Waals surface area (Å²) < 4.78 is 0. The van der Waals surface area contributed by atoms with Gasteiger partial charge in [-0.2, -0.15) is 0 Å². The van der Waals surface area contributed by atoms with Crippen LogP contribution in [0, 0.1) is 0 Å². The van der Waals surface area contributed by atoms with Crippen LogP contribution in [0.2, 0.25) is 20.1 Å². The smallest absolute Gasteiger partial charge is 0.242 e. The Bertz CT molecular complexity index is 858. The Balaban J connectivity index is 2.30. The molecular weight excluding hydrogens is 430 g/mol. The maximum absolute atomic E-state index is 13.0. The lowest BCUT2D eigenvalue weighted by molar-refractivity contribution is -0.139. The first-order chi connectivity index (χ1) is 12.7. The molecule has 0 saturated carbocycles. The quantitative estimate of drug-likeness (QED) is 0.676.